The molecule has 2 aromatic rings. The number of anilines is 2. The summed E-state index contributed by atoms with van der Waals surface area (Å²) in [5, 5.41) is 5.35. The van der Waals surface area contributed by atoms with Crippen LogP contribution in [0.2, 0.25) is 0 Å². The summed E-state index contributed by atoms with van der Waals surface area (Å²) in [6, 6.07) is 9.93. The molecule has 0 saturated carbocycles. The molecule has 1 saturated heterocycles. The van der Waals surface area contributed by atoms with Gasteiger partial charge in [0.1, 0.15) is 19.0 Å². The highest BCUT2D eigenvalue weighted by Crippen LogP contribution is 2.35. The van der Waals surface area contributed by atoms with Gasteiger partial charge in [0.05, 0.1) is 6.04 Å². The molecule has 10 heteroatoms. The highest BCUT2D eigenvalue weighted by molar-refractivity contribution is 5.98. The first-order valence-corrected chi connectivity index (χ1v) is 9.30. The second-order valence-electron chi connectivity index (χ2n) is 6.73. The Balaban J connectivity index is 1.33. The van der Waals surface area contributed by atoms with Crippen LogP contribution in [0.25, 0.3) is 0 Å². The number of hydrogen-bond acceptors (Lipinski definition) is 5. The normalized spacial score (nSPS) is 17.8. The zero-order valence-corrected chi connectivity index (χ0v) is 15.8. The van der Waals surface area contributed by atoms with Crippen LogP contribution in [0.1, 0.15) is 6.42 Å². The first-order chi connectivity index (χ1) is 14.5. The fraction of sp³-hybridized carbons (Fsp3) is 0.300. The van der Waals surface area contributed by atoms with Crippen molar-refractivity contribution in [1.29, 1.82) is 0 Å². The summed E-state index contributed by atoms with van der Waals surface area (Å²) in [6.45, 7) is -1.67. The molecule has 0 radical (unpaired) electrons. The van der Waals surface area contributed by atoms with E-state index in [9.17, 15) is 18.4 Å². The molecular formula is C20H19F2N3O5. The van der Waals surface area contributed by atoms with E-state index in [0.717, 1.165) is 0 Å². The van der Waals surface area contributed by atoms with Gasteiger partial charge in [-0.2, -0.15) is 8.78 Å². The smallest absolute Gasteiger partial charge is 0.387 e. The molecule has 2 aliphatic heterocycles. The molecule has 30 heavy (non-hydrogen) atoms. The molecule has 2 heterocycles. The highest BCUT2D eigenvalue weighted by atomic mass is 19.3. The second kappa shape index (κ2) is 8.44. The number of rotatable bonds is 5. The van der Waals surface area contributed by atoms with Crippen LogP contribution >= 0.6 is 0 Å². The largest absolute Gasteiger partial charge is 0.486 e. The quantitative estimate of drug-likeness (QED) is 0.778. The maximum absolute atomic E-state index is 12.4. The van der Waals surface area contributed by atoms with E-state index in [1.807, 2.05) is 0 Å². The molecule has 0 aromatic heterocycles. The molecule has 2 aliphatic rings. The lowest BCUT2D eigenvalue weighted by Gasteiger charge is -2.22. The molecule has 0 aliphatic carbocycles. The van der Waals surface area contributed by atoms with Crippen LogP contribution in [-0.4, -0.2) is 44.4 Å². The number of urea groups is 1. The minimum absolute atomic E-state index is 0.00702. The third-order valence-electron chi connectivity index (χ3n) is 4.64. The second-order valence-corrected chi connectivity index (χ2v) is 6.73. The van der Waals surface area contributed by atoms with Crippen LogP contribution in [0.3, 0.4) is 0 Å². The van der Waals surface area contributed by atoms with Gasteiger partial charge >= 0.3 is 12.6 Å². The van der Waals surface area contributed by atoms with E-state index in [4.69, 9.17) is 9.47 Å². The lowest BCUT2D eigenvalue weighted by Crippen LogP contribution is -2.39. The van der Waals surface area contributed by atoms with Crippen molar-refractivity contribution in [2.75, 3.05) is 30.0 Å². The lowest BCUT2D eigenvalue weighted by molar-refractivity contribution is -0.117. The van der Waals surface area contributed by atoms with E-state index in [1.165, 1.54) is 24.3 Å². The predicted molar refractivity (Wildman–Crippen MR) is 103 cm³/mol. The van der Waals surface area contributed by atoms with E-state index in [2.05, 4.69) is 15.4 Å². The Bertz CT molecular complexity index is 939. The number of hydrogen-bond donors (Lipinski definition) is 2. The molecule has 2 aromatic carbocycles. The van der Waals surface area contributed by atoms with E-state index in [0.29, 0.717) is 42.6 Å². The molecule has 1 fully saturated rings. The fourth-order valence-corrected chi connectivity index (χ4v) is 3.33. The number of amides is 3. The van der Waals surface area contributed by atoms with Gasteiger partial charge in [0.2, 0.25) is 5.91 Å². The summed E-state index contributed by atoms with van der Waals surface area (Å²) < 4.78 is 39.7. The van der Waals surface area contributed by atoms with Gasteiger partial charge in [-0.3, -0.25) is 4.79 Å². The van der Waals surface area contributed by atoms with Gasteiger partial charge in [0, 0.05) is 30.4 Å². The van der Waals surface area contributed by atoms with Crippen LogP contribution in [0, 0.1) is 0 Å². The van der Waals surface area contributed by atoms with Gasteiger partial charge in [0.25, 0.3) is 0 Å². The van der Waals surface area contributed by atoms with Crippen molar-refractivity contribution in [2.45, 2.75) is 19.1 Å². The molecule has 0 bridgehead atoms. The summed E-state index contributed by atoms with van der Waals surface area (Å²) in [7, 11) is 0. The number of carbonyl (C=O) groups is 2. The number of fused-ring (bicyclic) bond motifs is 1. The number of benzene rings is 2. The average molecular weight is 419 g/mol. The number of carbonyl (C=O) groups excluding carboxylic acids is 2. The number of nitrogens with zero attached hydrogens (tertiary/aromatic N) is 1. The third kappa shape index (κ3) is 4.53. The molecule has 158 valence electrons. The van der Waals surface area contributed by atoms with Crippen molar-refractivity contribution < 1.29 is 32.6 Å². The van der Waals surface area contributed by atoms with E-state index < -0.39 is 12.6 Å². The molecule has 1 atom stereocenters. The Morgan fingerprint density at radius 1 is 1.10 bits per heavy atom. The zero-order chi connectivity index (χ0) is 21.1. The average Bonchev–Trinajstić information content (AvgIpc) is 3.08. The molecule has 4 rings (SSSR count). The number of ether oxygens (including phenoxy) is 3. The minimum Gasteiger partial charge on any atom is -0.486 e. The molecule has 3 amide bonds. The van der Waals surface area contributed by atoms with E-state index in [1.54, 1.807) is 23.1 Å². The maximum Gasteiger partial charge on any atom is 0.387 e. The number of nitrogens with one attached hydrogen (secondary N) is 2. The Labute approximate surface area is 170 Å². The van der Waals surface area contributed by atoms with Crippen LogP contribution in [0.15, 0.2) is 42.5 Å². The first kappa shape index (κ1) is 19.7. The Morgan fingerprint density at radius 3 is 2.57 bits per heavy atom. The van der Waals surface area contributed by atoms with E-state index >= 15 is 0 Å². The summed E-state index contributed by atoms with van der Waals surface area (Å²) in [6.07, 6.45) is 0.156. The molecule has 2 N–H and O–H groups in total. The van der Waals surface area contributed by atoms with Gasteiger partial charge < -0.3 is 29.7 Å². The summed E-state index contributed by atoms with van der Waals surface area (Å²) >= 11 is 0. The standard InChI is InChI=1S/C20H19F2N3O5/c21-19(22)30-15-4-1-12(2-5-15)23-20(27)24-13-9-18(26)25(11-13)14-3-6-16-17(10-14)29-8-7-28-16/h1-6,10,13,19H,7-9,11H2,(H2,23,24,27)/t13-/m1/s1. The topological polar surface area (TPSA) is 89.1 Å². The third-order valence-corrected chi connectivity index (χ3v) is 4.64. The predicted octanol–water partition coefficient (Wildman–Crippen LogP) is 2.99. The van der Waals surface area contributed by atoms with Crippen LogP contribution < -0.4 is 29.7 Å². The van der Waals surface area contributed by atoms with Crippen LogP contribution in [0.4, 0.5) is 25.0 Å². The Morgan fingerprint density at radius 2 is 1.83 bits per heavy atom. The van der Waals surface area contributed by atoms with Gasteiger partial charge in [-0.15, -0.1) is 0 Å². The molecule has 0 spiro atoms. The SMILES string of the molecule is O=C(Nc1ccc(OC(F)F)cc1)N[C@@H]1CC(=O)N(c2ccc3c(c2)OCCO3)C1. The van der Waals surface area contributed by atoms with Crippen molar-refractivity contribution in [1.82, 2.24) is 5.32 Å². The van der Waals surface area contributed by atoms with Gasteiger partial charge in [-0.25, -0.2) is 4.79 Å². The van der Waals surface area contributed by atoms with Crippen molar-refractivity contribution in [3.63, 3.8) is 0 Å². The van der Waals surface area contributed by atoms with Crippen LogP contribution in [-0.2, 0) is 4.79 Å². The molecular weight excluding hydrogens is 400 g/mol. The van der Waals surface area contributed by atoms with Crippen LogP contribution in [0.5, 0.6) is 17.2 Å². The summed E-state index contributed by atoms with van der Waals surface area (Å²) in [4.78, 5) is 26.2. The summed E-state index contributed by atoms with van der Waals surface area (Å²) in [5.74, 6) is 1.09. The van der Waals surface area contributed by atoms with Crippen molar-refractivity contribution in [3.8, 4) is 17.2 Å². The van der Waals surface area contributed by atoms with Gasteiger partial charge in [-0.05, 0) is 36.4 Å². The fourth-order valence-electron chi connectivity index (χ4n) is 3.33. The van der Waals surface area contributed by atoms with Crippen molar-refractivity contribution in [3.05, 3.63) is 42.5 Å². The molecule has 0 unspecified atom stereocenters. The zero-order valence-electron chi connectivity index (χ0n) is 15.8. The van der Waals surface area contributed by atoms with Crippen molar-refractivity contribution >= 4 is 23.3 Å². The maximum atomic E-state index is 12.4. The Kier molecular flexibility index (Phi) is 5.55. The van der Waals surface area contributed by atoms with Gasteiger partial charge in [0.15, 0.2) is 11.5 Å². The Hall–Kier alpha value is -3.56. The molecule has 8 nitrogen and oxygen atoms in total. The van der Waals surface area contributed by atoms with E-state index in [-0.39, 0.29) is 24.1 Å². The minimum atomic E-state index is -2.91. The highest BCUT2D eigenvalue weighted by Gasteiger charge is 2.32. The number of halogens is 2. The first-order valence-electron chi connectivity index (χ1n) is 9.30. The lowest BCUT2D eigenvalue weighted by atomic mass is 10.2. The number of alkyl halides is 2. The van der Waals surface area contributed by atoms with Gasteiger partial charge in [-0.1, -0.05) is 0 Å². The van der Waals surface area contributed by atoms with Crippen molar-refractivity contribution in [2.24, 2.45) is 0 Å². The summed E-state index contributed by atoms with van der Waals surface area (Å²) in [5.41, 5.74) is 1.07. The monoisotopic (exact) mass is 419 g/mol.